The minimum absolute atomic E-state index is 0.233. The zero-order valence-electron chi connectivity index (χ0n) is 13.8. The van der Waals surface area contributed by atoms with Crippen LogP contribution in [0.1, 0.15) is 0 Å². The predicted octanol–water partition coefficient (Wildman–Crippen LogP) is 1.59. The van der Waals surface area contributed by atoms with Gasteiger partial charge in [-0.25, -0.2) is 4.79 Å². The van der Waals surface area contributed by atoms with Crippen LogP contribution >= 0.6 is 11.3 Å². The maximum atomic E-state index is 11.9. The van der Waals surface area contributed by atoms with Crippen LogP contribution in [0.15, 0.2) is 41.1 Å². The Kier molecular flexibility index (Phi) is 5.54. The molecule has 0 aliphatic heterocycles. The van der Waals surface area contributed by atoms with Crippen molar-refractivity contribution in [2.45, 2.75) is 6.54 Å². The molecule has 0 aliphatic rings. The summed E-state index contributed by atoms with van der Waals surface area (Å²) >= 11 is 1.51. The Morgan fingerprint density at radius 2 is 2.19 bits per heavy atom. The fourth-order valence-electron chi connectivity index (χ4n) is 2.02. The summed E-state index contributed by atoms with van der Waals surface area (Å²) in [5.41, 5.74) is 1.37. The Hall–Kier alpha value is -3.27. The van der Waals surface area contributed by atoms with Crippen LogP contribution in [0.3, 0.4) is 0 Å². The lowest BCUT2D eigenvalue weighted by molar-refractivity contribution is -0.148. The number of benzene rings is 1. The van der Waals surface area contributed by atoms with E-state index >= 15 is 0 Å². The molecule has 0 atom stereocenters. The summed E-state index contributed by atoms with van der Waals surface area (Å²) in [5, 5.41) is 18.1. The van der Waals surface area contributed by atoms with Gasteiger partial charge in [0.25, 0.3) is 5.91 Å². The van der Waals surface area contributed by atoms with Gasteiger partial charge in [0.2, 0.25) is 5.82 Å². The molecule has 0 radical (unpaired) electrons. The second kappa shape index (κ2) is 8.21. The van der Waals surface area contributed by atoms with E-state index in [1.54, 1.807) is 24.3 Å². The minimum Gasteiger partial charge on any atom is -0.497 e. The number of ether oxygens (including phenoxy) is 2. The molecule has 134 valence electrons. The van der Waals surface area contributed by atoms with Gasteiger partial charge in [-0.1, -0.05) is 6.07 Å². The van der Waals surface area contributed by atoms with Gasteiger partial charge in [0.15, 0.2) is 13.2 Å². The number of tetrazole rings is 1. The Bertz CT molecular complexity index is 894. The standard InChI is InChI=1S/C16H15N5O4S/c1-24-13-4-2-3-12(7-13)17-14(22)9-25-15(23)8-21-19-16(18-20-21)11-5-6-26-10-11/h2-7,10H,8-9H2,1H3,(H,17,22). The van der Waals surface area contributed by atoms with Gasteiger partial charge in [-0.2, -0.15) is 16.1 Å². The van der Waals surface area contributed by atoms with Crippen LogP contribution in [0.4, 0.5) is 5.69 Å². The molecular weight excluding hydrogens is 358 g/mol. The van der Waals surface area contributed by atoms with Crippen molar-refractivity contribution < 1.29 is 19.1 Å². The highest BCUT2D eigenvalue weighted by Gasteiger charge is 2.12. The molecule has 10 heteroatoms. The largest absolute Gasteiger partial charge is 0.497 e. The molecule has 26 heavy (non-hydrogen) atoms. The Labute approximate surface area is 152 Å². The van der Waals surface area contributed by atoms with E-state index < -0.39 is 18.5 Å². The summed E-state index contributed by atoms with van der Waals surface area (Å²) in [5.74, 6) is -0.0644. The van der Waals surface area contributed by atoms with Crippen molar-refractivity contribution in [1.82, 2.24) is 20.2 Å². The number of amides is 1. The van der Waals surface area contributed by atoms with Crippen molar-refractivity contribution in [2.24, 2.45) is 0 Å². The van der Waals surface area contributed by atoms with Gasteiger partial charge in [-0.3, -0.25) is 4.79 Å². The highest BCUT2D eigenvalue weighted by atomic mass is 32.1. The molecule has 1 amide bonds. The van der Waals surface area contributed by atoms with Gasteiger partial charge in [0.1, 0.15) is 5.75 Å². The lowest BCUT2D eigenvalue weighted by Gasteiger charge is -2.07. The topological polar surface area (TPSA) is 108 Å². The SMILES string of the molecule is COc1cccc(NC(=O)COC(=O)Cn2nnc(-c3ccsc3)n2)c1. The first-order chi connectivity index (χ1) is 12.6. The second-order valence-corrected chi connectivity index (χ2v) is 5.88. The summed E-state index contributed by atoms with van der Waals surface area (Å²) in [6.07, 6.45) is 0. The van der Waals surface area contributed by atoms with Gasteiger partial charge in [-0.15, -0.1) is 10.2 Å². The number of thiophene rings is 1. The van der Waals surface area contributed by atoms with E-state index in [0.29, 0.717) is 17.3 Å². The van der Waals surface area contributed by atoms with Crippen molar-refractivity contribution >= 4 is 28.9 Å². The van der Waals surface area contributed by atoms with E-state index in [-0.39, 0.29) is 6.54 Å². The van der Waals surface area contributed by atoms with Crippen LogP contribution in [0.2, 0.25) is 0 Å². The monoisotopic (exact) mass is 373 g/mol. The average Bonchev–Trinajstić information content (AvgIpc) is 3.31. The summed E-state index contributed by atoms with van der Waals surface area (Å²) in [7, 11) is 1.53. The molecule has 3 aromatic rings. The smallest absolute Gasteiger partial charge is 0.330 e. The lowest BCUT2D eigenvalue weighted by Crippen LogP contribution is -2.23. The van der Waals surface area contributed by atoms with E-state index in [1.165, 1.54) is 18.4 Å². The van der Waals surface area contributed by atoms with Gasteiger partial charge < -0.3 is 14.8 Å². The third kappa shape index (κ3) is 4.63. The summed E-state index contributed by atoms with van der Waals surface area (Å²) in [6.45, 7) is -0.647. The van der Waals surface area contributed by atoms with E-state index in [0.717, 1.165) is 10.4 Å². The van der Waals surface area contributed by atoms with Crippen molar-refractivity contribution in [2.75, 3.05) is 19.0 Å². The molecule has 2 aromatic heterocycles. The Morgan fingerprint density at radius 1 is 1.31 bits per heavy atom. The number of nitrogens with one attached hydrogen (secondary N) is 1. The number of esters is 1. The molecule has 0 saturated heterocycles. The molecule has 0 unspecified atom stereocenters. The Morgan fingerprint density at radius 3 is 2.96 bits per heavy atom. The predicted molar refractivity (Wildman–Crippen MR) is 93.7 cm³/mol. The van der Waals surface area contributed by atoms with Crippen molar-refractivity contribution in [3.05, 3.63) is 41.1 Å². The molecule has 1 aromatic carbocycles. The van der Waals surface area contributed by atoms with Crippen molar-refractivity contribution in [1.29, 1.82) is 0 Å². The molecule has 0 saturated carbocycles. The number of carbonyl (C=O) groups is 2. The quantitative estimate of drug-likeness (QED) is 0.627. The number of anilines is 1. The third-order valence-electron chi connectivity index (χ3n) is 3.22. The molecule has 9 nitrogen and oxygen atoms in total. The van der Waals surface area contributed by atoms with Crippen molar-refractivity contribution in [3.63, 3.8) is 0 Å². The molecular formula is C16H15N5O4S. The van der Waals surface area contributed by atoms with Crippen LogP contribution < -0.4 is 10.1 Å². The number of carbonyl (C=O) groups excluding carboxylic acids is 2. The number of nitrogens with zero attached hydrogens (tertiary/aromatic N) is 4. The highest BCUT2D eigenvalue weighted by molar-refractivity contribution is 7.08. The minimum atomic E-state index is -0.639. The molecule has 3 rings (SSSR count). The van der Waals surface area contributed by atoms with Gasteiger partial charge in [-0.05, 0) is 28.8 Å². The number of hydrogen-bond acceptors (Lipinski definition) is 8. The fraction of sp³-hybridized carbons (Fsp3) is 0.188. The second-order valence-electron chi connectivity index (χ2n) is 5.10. The van der Waals surface area contributed by atoms with Crippen LogP contribution in [0.5, 0.6) is 5.75 Å². The van der Waals surface area contributed by atoms with Gasteiger partial charge >= 0.3 is 5.97 Å². The molecule has 0 fully saturated rings. The fourth-order valence-corrected chi connectivity index (χ4v) is 2.66. The first-order valence-electron chi connectivity index (χ1n) is 7.54. The maximum absolute atomic E-state index is 11.9. The average molecular weight is 373 g/mol. The first-order valence-corrected chi connectivity index (χ1v) is 8.48. The first kappa shape index (κ1) is 17.5. The number of hydrogen-bond donors (Lipinski definition) is 1. The normalized spacial score (nSPS) is 10.3. The third-order valence-corrected chi connectivity index (χ3v) is 3.90. The summed E-state index contributed by atoms with van der Waals surface area (Å²) in [4.78, 5) is 24.8. The molecule has 1 N–H and O–H groups in total. The van der Waals surface area contributed by atoms with Crippen LogP contribution in [0, 0.1) is 0 Å². The molecule has 2 heterocycles. The molecule has 0 bridgehead atoms. The number of aromatic nitrogens is 4. The van der Waals surface area contributed by atoms with Crippen LogP contribution in [-0.2, 0) is 20.9 Å². The van der Waals surface area contributed by atoms with Crippen LogP contribution in [-0.4, -0.2) is 45.8 Å². The zero-order chi connectivity index (χ0) is 18.4. The molecule has 0 spiro atoms. The van der Waals surface area contributed by atoms with Gasteiger partial charge in [0, 0.05) is 22.7 Å². The van der Waals surface area contributed by atoms with E-state index in [4.69, 9.17) is 9.47 Å². The molecule has 0 aliphatic carbocycles. The summed E-state index contributed by atoms with van der Waals surface area (Å²) < 4.78 is 10.00. The Balaban J connectivity index is 1.47. The summed E-state index contributed by atoms with van der Waals surface area (Å²) in [6, 6.07) is 8.71. The van der Waals surface area contributed by atoms with Crippen LogP contribution in [0.25, 0.3) is 11.4 Å². The van der Waals surface area contributed by atoms with Crippen molar-refractivity contribution in [3.8, 4) is 17.1 Å². The van der Waals surface area contributed by atoms with E-state index in [2.05, 4.69) is 20.7 Å². The van der Waals surface area contributed by atoms with E-state index in [1.807, 2.05) is 16.8 Å². The highest BCUT2D eigenvalue weighted by Crippen LogP contribution is 2.17. The maximum Gasteiger partial charge on any atom is 0.330 e. The number of rotatable bonds is 7. The zero-order valence-corrected chi connectivity index (χ0v) is 14.6. The lowest BCUT2D eigenvalue weighted by atomic mass is 10.3. The number of methoxy groups -OCH3 is 1. The van der Waals surface area contributed by atoms with Gasteiger partial charge in [0.05, 0.1) is 7.11 Å². The van der Waals surface area contributed by atoms with E-state index in [9.17, 15) is 9.59 Å².